The zero-order valence-electron chi connectivity index (χ0n) is 17.0. The summed E-state index contributed by atoms with van der Waals surface area (Å²) >= 11 is 0. The summed E-state index contributed by atoms with van der Waals surface area (Å²) in [7, 11) is 0. The number of carbonyl (C=O) groups excluding carboxylic acids is 1. The molecule has 1 aromatic heterocycles. The van der Waals surface area contributed by atoms with Gasteiger partial charge in [-0.15, -0.1) is 0 Å². The topological polar surface area (TPSA) is 134 Å². The number of nitrogens with zero attached hydrogens (tertiary/aromatic N) is 2. The number of aromatic nitrogens is 2. The number of carboxylic acid groups (broad SMARTS) is 1. The van der Waals surface area contributed by atoms with E-state index in [0.29, 0.717) is 4.57 Å². The summed E-state index contributed by atoms with van der Waals surface area (Å²) in [6, 6.07) is 1.23. The lowest BCUT2D eigenvalue weighted by molar-refractivity contribution is -0.163. The molecule has 3 atom stereocenters. The van der Waals surface area contributed by atoms with E-state index in [1.807, 2.05) is 0 Å². The highest BCUT2D eigenvalue weighted by Crippen LogP contribution is 2.43. The van der Waals surface area contributed by atoms with Crippen molar-refractivity contribution >= 4 is 17.8 Å². The Morgan fingerprint density at radius 3 is 2.31 bits per heavy atom. The lowest BCUT2D eigenvalue weighted by Crippen LogP contribution is -2.35. The second-order valence-corrected chi connectivity index (χ2v) is 7.32. The Morgan fingerprint density at radius 1 is 1.31 bits per heavy atom. The lowest BCUT2D eigenvalue weighted by Gasteiger charge is -2.21. The highest BCUT2D eigenvalue weighted by Gasteiger charge is 2.53. The maximum absolute atomic E-state index is 14.2. The minimum absolute atomic E-state index is 0.0663. The fraction of sp³-hybridized carbons (Fsp3) is 0.667. The van der Waals surface area contributed by atoms with Crippen LogP contribution < -0.4 is 11.4 Å². The van der Waals surface area contributed by atoms with Gasteiger partial charge in [-0.1, -0.05) is 27.7 Å². The highest BCUT2D eigenvalue weighted by molar-refractivity contribution is 5.71. The first kappa shape index (κ1) is 24.5. The van der Waals surface area contributed by atoms with Crippen LogP contribution >= 0.6 is 0 Å². The van der Waals surface area contributed by atoms with Crippen molar-refractivity contribution in [2.24, 2.45) is 11.8 Å². The fourth-order valence-electron chi connectivity index (χ4n) is 2.23. The Bertz CT molecular complexity index is 781. The number of esters is 1. The quantitative estimate of drug-likeness (QED) is 0.693. The number of aliphatic carboxylic acids is 1. The number of carboxylic acids is 1. The summed E-state index contributed by atoms with van der Waals surface area (Å²) in [5.41, 5.74) is 4.41. The molecule has 2 heterocycles. The monoisotopic (exact) mass is 419 g/mol. The standard InChI is InChI=1S/C14H19F2N3O4.C4H8O2/c1-7(2)11(20)22-8(3)9-6-14(15,16)12(23-9)19-5-4-10(17)18-13(19)21;1-3(2)4(5)6/h4-5,7-9,12H,6H2,1-3H3,(H2,17,18,21);3H,1-2H3,(H,5,6). The molecule has 1 aromatic rings. The number of alkyl halides is 2. The van der Waals surface area contributed by atoms with Crippen LogP contribution in [0.5, 0.6) is 0 Å². The van der Waals surface area contributed by atoms with Crippen molar-refractivity contribution in [1.29, 1.82) is 0 Å². The molecule has 9 nitrogen and oxygen atoms in total. The van der Waals surface area contributed by atoms with Gasteiger partial charge in [-0.05, 0) is 13.0 Å². The molecule has 3 N–H and O–H groups in total. The van der Waals surface area contributed by atoms with E-state index in [-0.39, 0.29) is 17.7 Å². The summed E-state index contributed by atoms with van der Waals surface area (Å²) in [6.45, 7) is 8.04. The van der Waals surface area contributed by atoms with Gasteiger partial charge < -0.3 is 20.3 Å². The molecule has 11 heteroatoms. The molecule has 1 fully saturated rings. The summed E-state index contributed by atoms with van der Waals surface area (Å²) < 4.78 is 39.5. The number of anilines is 1. The van der Waals surface area contributed by atoms with Crippen LogP contribution in [-0.2, 0) is 19.1 Å². The average Bonchev–Trinajstić information content (AvgIpc) is 2.90. The molecule has 0 aromatic carbocycles. The molecule has 1 aliphatic heterocycles. The van der Waals surface area contributed by atoms with Gasteiger partial charge in [0.1, 0.15) is 18.0 Å². The van der Waals surface area contributed by atoms with Crippen molar-refractivity contribution in [2.45, 2.75) is 65.4 Å². The lowest BCUT2D eigenvalue weighted by atomic mass is 10.1. The first-order valence-electron chi connectivity index (χ1n) is 9.07. The zero-order chi connectivity index (χ0) is 22.5. The molecule has 0 aliphatic carbocycles. The van der Waals surface area contributed by atoms with Crippen LogP contribution in [0.4, 0.5) is 14.6 Å². The molecular weight excluding hydrogens is 392 g/mol. The first-order chi connectivity index (χ1) is 13.3. The third-order valence-corrected chi connectivity index (χ3v) is 4.03. The molecule has 0 bridgehead atoms. The Balaban J connectivity index is 0.000000612. The molecule has 2 rings (SSSR count). The summed E-state index contributed by atoms with van der Waals surface area (Å²) in [5, 5.41) is 7.99. The molecule has 0 spiro atoms. The number of rotatable bonds is 5. The van der Waals surface area contributed by atoms with Gasteiger partial charge in [0.2, 0.25) is 6.23 Å². The van der Waals surface area contributed by atoms with Crippen molar-refractivity contribution < 1.29 is 33.0 Å². The first-order valence-corrected chi connectivity index (χ1v) is 9.07. The predicted octanol–water partition coefficient (Wildman–Crippen LogP) is 2.06. The number of ether oxygens (including phenoxy) is 2. The maximum Gasteiger partial charge on any atom is 0.351 e. The van der Waals surface area contributed by atoms with Crippen LogP contribution in [0, 0.1) is 11.8 Å². The zero-order valence-corrected chi connectivity index (χ0v) is 17.0. The van der Waals surface area contributed by atoms with Crippen LogP contribution in [0.15, 0.2) is 17.1 Å². The number of nitrogen functional groups attached to an aromatic ring is 1. The summed E-state index contributed by atoms with van der Waals surface area (Å²) in [5.74, 6) is -5.22. The molecule has 1 aliphatic rings. The van der Waals surface area contributed by atoms with Crippen LogP contribution in [0.3, 0.4) is 0 Å². The number of halogens is 2. The third-order valence-electron chi connectivity index (χ3n) is 4.03. The SMILES string of the molecule is CC(C)C(=O)O.CC(C)C(=O)OC(C)C1CC(F)(F)C(n2ccc(N)nc2=O)O1. The van der Waals surface area contributed by atoms with Crippen molar-refractivity contribution in [3.63, 3.8) is 0 Å². The van der Waals surface area contributed by atoms with Crippen molar-refractivity contribution in [3.8, 4) is 0 Å². The van der Waals surface area contributed by atoms with Gasteiger partial charge in [0, 0.05) is 12.6 Å². The Hall–Kier alpha value is -2.56. The van der Waals surface area contributed by atoms with Crippen LogP contribution in [-0.4, -0.2) is 44.7 Å². The van der Waals surface area contributed by atoms with Crippen LogP contribution in [0.2, 0.25) is 0 Å². The molecule has 3 unspecified atom stereocenters. The second-order valence-electron chi connectivity index (χ2n) is 7.32. The minimum Gasteiger partial charge on any atom is -0.481 e. The molecule has 0 radical (unpaired) electrons. The molecule has 29 heavy (non-hydrogen) atoms. The van der Waals surface area contributed by atoms with Crippen molar-refractivity contribution in [2.75, 3.05) is 5.73 Å². The number of hydrogen-bond acceptors (Lipinski definition) is 7. The van der Waals surface area contributed by atoms with Gasteiger partial charge in [0.25, 0.3) is 5.92 Å². The molecule has 1 saturated heterocycles. The molecule has 0 saturated carbocycles. The minimum atomic E-state index is -3.30. The number of hydrogen-bond donors (Lipinski definition) is 2. The summed E-state index contributed by atoms with van der Waals surface area (Å²) in [4.78, 5) is 36.4. The molecular formula is C18H27F2N3O6. The smallest absolute Gasteiger partial charge is 0.351 e. The van der Waals surface area contributed by atoms with Gasteiger partial charge in [0.15, 0.2) is 0 Å². The van der Waals surface area contributed by atoms with Crippen LogP contribution in [0.25, 0.3) is 0 Å². The van der Waals surface area contributed by atoms with E-state index in [9.17, 15) is 23.2 Å². The van der Waals surface area contributed by atoms with E-state index in [1.54, 1.807) is 27.7 Å². The van der Waals surface area contributed by atoms with Crippen molar-refractivity contribution in [1.82, 2.24) is 9.55 Å². The van der Waals surface area contributed by atoms with E-state index in [1.165, 1.54) is 13.0 Å². The third kappa shape index (κ3) is 6.77. The van der Waals surface area contributed by atoms with Gasteiger partial charge in [-0.25, -0.2) is 13.6 Å². The Labute approximate surface area is 166 Å². The van der Waals surface area contributed by atoms with Gasteiger partial charge >= 0.3 is 17.6 Å². The largest absolute Gasteiger partial charge is 0.481 e. The molecule has 0 amide bonds. The van der Waals surface area contributed by atoms with E-state index in [2.05, 4.69) is 4.98 Å². The van der Waals surface area contributed by atoms with Crippen LogP contribution in [0.1, 0.15) is 47.3 Å². The predicted molar refractivity (Wildman–Crippen MR) is 99.2 cm³/mol. The van der Waals surface area contributed by atoms with E-state index >= 15 is 0 Å². The number of nitrogens with two attached hydrogens (primary N) is 1. The highest BCUT2D eigenvalue weighted by atomic mass is 19.3. The average molecular weight is 419 g/mol. The van der Waals surface area contributed by atoms with E-state index in [4.69, 9.17) is 20.3 Å². The second kappa shape index (κ2) is 9.77. The number of carbonyl (C=O) groups is 2. The van der Waals surface area contributed by atoms with E-state index < -0.39 is 48.4 Å². The normalized spacial score (nSPS) is 21.4. The Kier molecular flexibility index (Phi) is 8.25. The fourth-order valence-corrected chi connectivity index (χ4v) is 2.23. The van der Waals surface area contributed by atoms with Gasteiger partial charge in [-0.3, -0.25) is 14.2 Å². The van der Waals surface area contributed by atoms with Gasteiger partial charge in [0.05, 0.1) is 11.8 Å². The van der Waals surface area contributed by atoms with E-state index in [0.717, 1.165) is 6.20 Å². The molecule has 164 valence electrons. The Morgan fingerprint density at radius 2 is 1.86 bits per heavy atom. The summed E-state index contributed by atoms with van der Waals surface area (Å²) in [6.07, 6.45) is -3.26. The van der Waals surface area contributed by atoms with Crippen molar-refractivity contribution in [3.05, 3.63) is 22.7 Å². The maximum atomic E-state index is 14.2. The van der Waals surface area contributed by atoms with Gasteiger partial charge in [-0.2, -0.15) is 4.98 Å².